The summed E-state index contributed by atoms with van der Waals surface area (Å²) in [5.41, 5.74) is 0.108. The number of hydrogen-bond acceptors (Lipinski definition) is 4. The van der Waals surface area contributed by atoms with Crippen LogP contribution in [0.5, 0.6) is 0 Å². The minimum absolute atomic E-state index is 0.302. The third-order valence-corrected chi connectivity index (χ3v) is 3.35. The minimum atomic E-state index is -0.786. The number of carbonyl (C=O) groups is 1. The summed E-state index contributed by atoms with van der Waals surface area (Å²) >= 11 is 0. The largest absolute Gasteiger partial charge is 0.469 e. The van der Waals surface area contributed by atoms with Crippen molar-refractivity contribution >= 4 is 5.97 Å². The van der Waals surface area contributed by atoms with Gasteiger partial charge in [0.25, 0.3) is 0 Å². The zero-order valence-electron chi connectivity index (χ0n) is 12.0. The second-order valence-corrected chi connectivity index (χ2v) is 4.56. The Hall–Kier alpha value is -1.39. The molecule has 1 rings (SSSR count). The van der Waals surface area contributed by atoms with Crippen molar-refractivity contribution in [1.82, 2.24) is 0 Å². The Morgan fingerprint density at radius 1 is 1.26 bits per heavy atom. The summed E-state index contributed by atoms with van der Waals surface area (Å²) < 4.78 is 4.91. The second kappa shape index (κ2) is 7.26. The van der Waals surface area contributed by atoms with Gasteiger partial charge in [0.05, 0.1) is 19.1 Å². The van der Waals surface area contributed by atoms with E-state index in [1.54, 1.807) is 0 Å². The highest BCUT2D eigenvalue weighted by molar-refractivity contribution is 5.77. The molecule has 0 spiro atoms. The molecule has 0 bridgehead atoms. The van der Waals surface area contributed by atoms with Gasteiger partial charge in [0.1, 0.15) is 6.10 Å². The lowest BCUT2D eigenvalue weighted by molar-refractivity contribution is -0.343. The molecule has 0 aliphatic rings. The van der Waals surface area contributed by atoms with Crippen LogP contribution in [0.1, 0.15) is 38.9 Å². The zero-order valence-corrected chi connectivity index (χ0v) is 12.0. The van der Waals surface area contributed by atoms with Crippen LogP contribution in [0, 0.1) is 5.41 Å². The number of carbonyl (C=O) groups excluding carboxylic acids is 1. The Labute approximate surface area is 114 Å². The van der Waals surface area contributed by atoms with E-state index in [1.165, 1.54) is 7.11 Å². The van der Waals surface area contributed by atoms with E-state index in [2.05, 4.69) is 0 Å². The molecule has 4 nitrogen and oxygen atoms in total. The van der Waals surface area contributed by atoms with E-state index in [-0.39, 0.29) is 5.97 Å². The molecule has 19 heavy (non-hydrogen) atoms. The predicted octanol–water partition coefficient (Wildman–Crippen LogP) is 3.29. The van der Waals surface area contributed by atoms with Crippen LogP contribution >= 0.6 is 0 Å². The number of ether oxygens (including phenoxy) is 1. The van der Waals surface area contributed by atoms with Gasteiger partial charge in [-0.25, -0.2) is 9.78 Å². The van der Waals surface area contributed by atoms with E-state index in [1.807, 2.05) is 51.1 Å². The molecular formula is C15H22O4. The van der Waals surface area contributed by atoms with Gasteiger partial charge in [-0.05, 0) is 25.8 Å². The van der Waals surface area contributed by atoms with Crippen LogP contribution in [0.3, 0.4) is 0 Å². The Balaban J connectivity index is 3.11. The van der Waals surface area contributed by atoms with Gasteiger partial charge in [-0.3, -0.25) is 4.79 Å². The molecule has 0 radical (unpaired) electrons. The lowest BCUT2D eigenvalue weighted by Crippen LogP contribution is -2.36. The summed E-state index contributed by atoms with van der Waals surface area (Å²) in [6.45, 7) is 6.02. The van der Waals surface area contributed by atoms with Gasteiger partial charge >= 0.3 is 5.97 Å². The fourth-order valence-corrected chi connectivity index (χ4v) is 1.96. The highest BCUT2D eigenvalue weighted by Crippen LogP contribution is 2.40. The van der Waals surface area contributed by atoms with Gasteiger partial charge in [-0.1, -0.05) is 37.3 Å². The third kappa shape index (κ3) is 3.55. The van der Waals surface area contributed by atoms with Crippen LogP contribution in [0.4, 0.5) is 0 Å². The number of hydrogen-bond donors (Lipinski definition) is 0. The second-order valence-electron chi connectivity index (χ2n) is 4.56. The Morgan fingerprint density at radius 2 is 1.89 bits per heavy atom. The molecule has 0 aliphatic heterocycles. The molecule has 2 unspecified atom stereocenters. The van der Waals surface area contributed by atoms with Gasteiger partial charge in [-0.15, -0.1) is 0 Å². The average molecular weight is 266 g/mol. The van der Waals surface area contributed by atoms with Crippen LogP contribution in [0.15, 0.2) is 30.3 Å². The first-order valence-electron chi connectivity index (χ1n) is 6.51. The van der Waals surface area contributed by atoms with Crippen LogP contribution < -0.4 is 0 Å². The normalized spacial score (nSPS) is 15.6. The Morgan fingerprint density at radius 3 is 2.37 bits per heavy atom. The number of benzene rings is 1. The summed E-state index contributed by atoms with van der Waals surface area (Å²) in [5, 5.41) is 0. The minimum Gasteiger partial charge on any atom is -0.469 e. The molecule has 0 saturated heterocycles. The first-order chi connectivity index (χ1) is 9.10. The van der Waals surface area contributed by atoms with Crippen molar-refractivity contribution < 1.29 is 19.3 Å². The van der Waals surface area contributed by atoms with Crippen molar-refractivity contribution in [3.8, 4) is 0 Å². The summed E-state index contributed by atoms with van der Waals surface area (Å²) in [7, 11) is 1.39. The van der Waals surface area contributed by atoms with Gasteiger partial charge in [-0.2, -0.15) is 0 Å². The summed E-state index contributed by atoms with van der Waals surface area (Å²) in [4.78, 5) is 22.6. The molecule has 0 fully saturated rings. The van der Waals surface area contributed by atoms with E-state index in [0.717, 1.165) is 5.56 Å². The van der Waals surface area contributed by atoms with Crippen molar-refractivity contribution in [2.45, 2.75) is 33.3 Å². The maximum absolute atomic E-state index is 12.1. The first-order valence-corrected chi connectivity index (χ1v) is 6.51. The predicted molar refractivity (Wildman–Crippen MR) is 72.3 cm³/mol. The summed E-state index contributed by atoms with van der Waals surface area (Å²) in [6.07, 6.45) is 0.0952. The smallest absolute Gasteiger partial charge is 0.314 e. The van der Waals surface area contributed by atoms with Gasteiger partial charge in [0.15, 0.2) is 0 Å². The van der Waals surface area contributed by atoms with Crippen LogP contribution in [-0.4, -0.2) is 19.7 Å². The Bertz CT molecular complexity index is 390. The molecule has 1 aromatic carbocycles. The van der Waals surface area contributed by atoms with E-state index in [9.17, 15) is 4.79 Å². The molecule has 4 heteroatoms. The van der Waals surface area contributed by atoms with Crippen LogP contribution in [0.25, 0.3) is 0 Å². The highest BCUT2D eigenvalue weighted by Gasteiger charge is 2.43. The number of esters is 1. The molecule has 0 aliphatic carbocycles. The van der Waals surface area contributed by atoms with E-state index < -0.39 is 11.5 Å². The van der Waals surface area contributed by atoms with Crippen molar-refractivity contribution in [2.24, 2.45) is 5.41 Å². The molecule has 0 saturated carbocycles. The van der Waals surface area contributed by atoms with Gasteiger partial charge in [0.2, 0.25) is 0 Å². The molecule has 0 heterocycles. The number of rotatable bonds is 7. The van der Waals surface area contributed by atoms with Crippen molar-refractivity contribution in [3.63, 3.8) is 0 Å². The summed E-state index contributed by atoms with van der Waals surface area (Å²) in [6, 6.07) is 9.57. The zero-order chi connectivity index (χ0) is 14.3. The third-order valence-electron chi connectivity index (χ3n) is 3.35. The fourth-order valence-electron chi connectivity index (χ4n) is 1.96. The molecule has 1 aromatic rings. The molecule has 0 amide bonds. The number of methoxy groups -OCH3 is 1. The lowest BCUT2D eigenvalue weighted by Gasteiger charge is -2.33. The van der Waals surface area contributed by atoms with E-state index >= 15 is 0 Å². The maximum Gasteiger partial charge on any atom is 0.314 e. The van der Waals surface area contributed by atoms with Crippen molar-refractivity contribution in [2.75, 3.05) is 13.7 Å². The SMILES string of the molecule is CCOOC(c1ccccc1)C(C)(CC)C(=O)OC. The lowest BCUT2D eigenvalue weighted by atomic mass is 9.78. The quantitative estimate of drug-likeness (QED) is 0.431. The van der Waals surface area contributed by atoms with Gasteiger partial charge < -0.3 is 4.74 Å². The fraction of sp³-hybridized carbons (Fsp3) is 0.533. The summed E-state index contributed by atoms with van der Waals surface area (Å²) in [5.74, 6) is -0.302. The van der Waals surface area contributed by atoms with Crippen molar-refractivity contribution in [1.29, 1.82) is 0 Å². The van der Waals surface area contributed by atoms with Crippen LogP contribution in [-0.2, 0) is 19.3 Å². The molecule has 0 aromatic heterocycles. The monoisotopic (exact) mass is 266 g/mol. The maximum atomic E-state index is 12.1. The Kier molecular flexibility index (Phi) is 5.99. The average Bonchev–Trinajstić information content (AvgIpc) is 2.47. The molecular weight excluding hydrogens is 244 g/mol. The first kappa shape index (κ1) is 15.7. The van der Waals surface area contributed by atoms with Crippen molar-refractivity contribution in [3.05, 3.63) is 35.9 Å². The topological polar surface area (TPSA) is 44.8 Å². The standard InChI is InChI=1S/C15H22O4/c1-5-15(3,14(16)17-4)13(19-18-6-2)12-10-8-7-9-11-12/h7-11,13H,5-6H2,1-4H3. The molecule has 0 N–H and O–H groups in total. The van der Waals surface area contributed by atoms with E-state index in [4.69, 9.17) is 14.5 Å². The van der Waals surface area contributed by atoms with Crippen LogP contribution in [0.2, 0.25) is 0 Å². The van der Waals surface area contributed by atoms with Gasteiger partial charge in [0, 0.05) is 0 Å². The molecule has 106 valence electrons. The van der Waals surface area contributed by atoms with E-state index in [0.29, 0.717) is 13.0 Å². The molecule has 2 atom stereocenters. The highest BCUT2D eigenvalue weighted by atomic mass is 17.2.